The van der Waals surface area contributed by atoms with Crippen molar-refractivity contribution in [3.05, 3.63) is 88.3 Å². The van der Waals surface area contributed by atoms with Crippen LogP contribution >= 0.6 is 0 Å². The predicted molar refractivity (Wildman–Crippen MR) is 156 cm³/mol. The highest BCUT2D eigenvalue weighted by Gasteiger charge is 2.55. The van der Waals surface area contributed by atoms with Crippen molar-refractivity contribution in [2.24, 2.45) is 11.3 Å². The topological polar surface area (TPSA) is 110 Å². The molecule has 0 aliphatic carbocycles. The highest BCUT2D eigenvalue weighted by Crippen LogP contribution is 2.39. The van der Waals surface area contributed by atoms with E-state index in [1.165, 1.54) is 0 Å². The molecule has 2 aromatic carbocycles. The van der Waals surface area contributed by atoms with Crippen molar-refractivity contribution in [2.45, 2.75) is 32.2 Å². The van der Waals surface area contributed by atoms with E-state index in [-0.39, 0.29) is 30.4 Å². The first-order valence-electron chi connectivity index (χ1n) is 14.3. The van der Waals surface area contributed by atoms with Crippen molar-refractivity contribution in [2.75, 3.05) is 38.3 Å². The Kier molecular flexibility index (Phi) is 7.32. The molecule has 2 bridgehead atoms. The molecule has 6 rings (SSSR count). The molecular weight excluding hydrogens is 536 g/mol. The fourth-order valence-electron chi connectivity index (χ4n) is 6.72. The standard InChI is InChI=1S/C32H34N4O6/c1-3-42-26-13-9-24(10-14-26)36-30(39)32(29(38)33-31(36)40,16-21-7-11-25(41-2)12-8-21)20-34-17-22-15-23(19-34)27-5-4-6-28(37)35(27)18-22/h4-14,22-23H,3,15-20H2,1-2H3,(H,33,38,40)/t22-,23+,32?/m1/s1. The number of anilines is 1. The maximum atomic E-state index is 14.5. The first-order valence-corrected chi connectivity index (χ1v) is 14.3. The third-order valence-electron chi connectivity index (χ3n) is 8.59. The van der Waals surface area contributed by atoms with Crippen LogP contribution < -0.4 is 25.2 Å². The number of carbonyl (C=O) groups is 3. The number of nitrogens with one attached hydrogen (secondary N) is 1. The average Bonchev–Trinajstić information content (AvgIpc) is 2.98. The first kappa shape index (κ1) is 27.7. The largest absolute Gasteiger partial charge is 0.497 e. The smallest absolute Gasteiger partial charge is 0.335 e. The molecule has 3 aromatic rings. The van der Waals surface area contributed by atoms with Crippen molar-refractivity contribution in [3.63, 3.8) is 0 Å². The minimum Gasteiger partial charge on any atom is -0.497 e. The highest BCUT2D eigenvalue weighted by molar-refractivity contribution is 6.30. The molecule has 10 heteroatoms. The van der Waals surface area contributed by atoms with Crippen molar-refractivity contribution in [1.82, 2.24) is 14.8 Å². The summed E-state index contributed by atoms with van der Waals surface area (Å²) in [6, 6.07) is 18.6. The number of hydrogen-bond donors (Lipinski definition) is 1. The van der Waals surface area contributed by atoms with Gasteiger partial charge in [0.1, 0.15) is 16.9 Å². The predicted octanol–water partition coefficient (Wildman–Crippen LogP) is 3.19. The molecule has 4 heterocycles. The van der Waals surface area contributed by atoms with Crippen LogP contribution in [0, 0.1) is 11.3 Å². The van der Waals surface area contributed by atoms with E-state index in [2.05, 4.69) is 10.2 Å². The van der Waals surface area contributed by atoms with Gasteiger partial charge in [0, 0.05) is 43.9 Å². The molecular formula is C32H34N4O6. The lowest BCUT2D eigenvalue weighted by atomic mass is 9.75. The molecule has 3 aliphatic heterocycles. The van der Waals surface area contributed by atoms with E-state index in [0.29, 0.717) is 43.4 Å². The first-order chi connectivity index (χ1) is 20.3. The van der Waals surface area contributed by atoms with Crippen molar-refractivity contribution in [3.8, 4) is 11.5 Å². The summed E-state index contributed by atoms with van der Waals surface area (Å²) in [5.41, 5.74) is 0.547. The van der Waals surface area contributed by atoms with Crippen molar-refractivity contribution >= 4 is 23.5 Å². The fraction of sp³-hybridized carbons (Fsp3) is 0.375. The Bertz CT molecular complexity index is 1570. The lowest BCUT2D eigenvalue weighted by molar-refractivity contribution is -0.144. The van der Waals surface area contributed by atoms with E-state index in [1.54, 1.807) is 55.6 Å². The number of rotatable bonds is 8. The number of pyridine rings is 1. The van der Waals surface area contributed by atoms with Gasteiger partial charge in [-0.1, -0.05) is 18.2 Å². The summed E-state index contributed by atoms with van der Waals surface area (Å²) in [6.07, 6.45) is 1.05. The molecule has 3 atom stereocenters. The van der Waals surface area contributed by atoms with E-state index in [1.807, 2.05) is 29.7 Å². The Labute approximate surface area is 243 Å². The number of ether oxygens (including phenoxy) is 2. The van der Waals surface area contributed by atoms with Gasteiger partial charge in [-0.15, -0.1) is 0 Å². The van der Waals surface area contributed by atoms with Gasteiger partial charge in [0.25, 0.3) is 11.5 Å². The lowest BCUT2D eigenvalue weighted by Crippen LogP contribution is -2.68. The molecule has 3 aliphatic rings. The summed E-state index contributed by atoms with van der Waals surface area (Å²) in [7, 11) is 1.58. The molecule has 2 saturated heterocycles. The van der Waals surface area contributed by atoms with Gasteiger partial charge in [0.15, 0.2) is 0 Å². The molecule has 0 spiro atoms. The van der Waals surface area contributed by atoms with Crippen LogP contribution in [0.1, 0.15) is 30.5 Å². The molecule has 2 fully saturated rings. The van der Waals surface area contributed by atoms with Gasteiger partial charge in [-0.3, -0.25) is 19.7 Å². The Balaban J connectivity index is 1.36. The van der Waals surface area contributed by atoms with Gasteiger partial charge in [0.05, 0.1) is 19.4 Å². The summed E-state index contributed by atoms with van der Waals surface area (Å²) >= 11 is 0. The van der Waals surface area contributed by atoms with Crippen LogP contribution in [0.2, 0.25) is 0 Å². The lowest BCUT2D eigenvalue weighted by Gasteiger charge is -2.47. The number of piperidine rings is 1. The summed E-state index contributed by atoms with van der Waals surface area (Å²) < 4.78 is 12.7. The van der Waals surface area contributed by atoms with Crippen LogP contribution in [0.3, 0.4) is 0 Å². The number of barbiturate groups is 1. The van der Waals surface area contributed by atoms with Crippen LogP contribution in [0.5, 0.6) is 11.5 Å². The SMILES string of the molecule is CCOc1ccc(N2C(=O)NC(=O)C(Cc3ccc(OC)cc3)(CN3C[C@H]4C[C@@H](C3)c3cccc(=O)n3C4)C2=O)cc1. The Morgan fingerprint density at radius 2 is 1.64 bits per heavy atom. The summed E-state index contributed by atoms with van der Waals surface area (Å²) in [6.45, 7) is 4.33. The number of hydrogen-bond acceptors (Lipinski definition) is 7. The molecule has 1 N–H and O–H groups in total. The summed E-state index contributed by atoms with van der Waals surface area (Å²) in [4.78, 5) is 57.2. The molecule has 42 heavy (non-hydrogen) atoms. The zero-order chi connectivity index (χ0) is 29.4. The molecule has 0 saturated carbocycles. The Hall–Kier alpha value is -4.44. The normalized spacial score (nSPS) is 23.8. The average molecular weight is 571 g/mol. The van der Waals surface area contributed by atoms with E-state index in [4.69, 9.17) is 9.47 Å². The molecule has 1 unspecified atom stereocenters. The number of aromatic nitrogens is 1. The van der Waals surface area contributed by atoms with Gasteiger partial charge in [-0.2, -0.15) is 0 Å². The van der Waals surface area contributed by atoms with Gasteiger partial charge < -0.3 is 18.9 Å². The number of benzene rings is 2. The zero-order valence-electron chi connectivity index (χ0n) is 23.7. The monoisotopic (exact) mass is 570 g/mol. The number of likely N-dealkylation sites (tertiary alicyclic amines) is 1. The van der Waals surface area contributed by atoms with Gasteiger partial charge in [0.2, 0.25) is 5.91 Å². The number of imide groups is 2. The molecule has 0 radical (unpaired) electrons. The van der Waals surface area contributed by atoms with Gasteiger partial charge >= 0.3 is 6.03 Å². The van der Waals surface area contributed by atoms with Crippen LogP contribution in [0.4, 0.5) is 10.5 Å². The van der Waals surface area contributed by atoms with E-state index in [0.717, 1.165) is 22.6 Å². The molecule has 1 aromatic heterocycles. The number of carbonyl (C=O) groups excluding carboxylic acids is 3. The summed E-state index contributed by atoms with van der Waals surface area (Å²) in [5, 5.41) is 2.49. The number of amides is 4. The molecule has 10 nitrogen and oxygen atoms in total. The highest BCUT2D eigenvalue weighted by atomic mass is 16.5. The van der Waals surface area contributed by atoms with Crippen LogP contribution in [0.15, 0.2) is 71.5 Å². The second-order valence-corrected chi connectivity index (χ2v) is 11.3. The number of nitrogens with zero attached hydrogens (tertiary/aromatic N) is 3. The third kappa shape index (κ3) is 4.96. The zero-order valence-corrected chi connectivity index (χ0v) is 23.7. The van der Waals surface area contributed by atoms with Gasteiger partial charge in [-0.25, -0.2) is 9.69 Å². The third-order valence-corrected chi connectivity index (χ3v) is 8.59. The Morgan fingerprint density at radius 1 is 0.905 bits per heavy atom. The summed E-state index contributed by atoms with van der Waals surface area (Å²) in [5.74, 6) is 0.420. The minimum atomic E-state index is -1.57. The number of fused-ring (bicyclic) bond motifs is 4. The second-order valence-electron chi connectivity index (χ2n) is 11.3. The quantitative estimate of drug-likeness (QED) is 0.414. The molecule has 4 amide bonds. The van der Waals surface area contributed by atoms with Crippen LogP contribution in [-0.4, -0.2) is 60.7 Å². The number of urea groups is 1. The van der Waals surface area contributed by atoms with E-state index in [9.17, 15) is 19.2 Å². The maximum Gasteiger partial charge on any atom is 0.335 e. The van der Waals surface area contributed by atoms with Crippen LogP contribution in [0.25, 0.3) is 0 Å². The van der Waals surface area contributed by atoms with Crippen molar-refractivity contribution in [1.29, 1.82) is 0 Å². The van der Waals surface area contributed by atoms with Gasteiger partial charge in [-0.05, 0) is 73.7 Å². The van der Waals surface area contributed by atoms with Crippen molar-refractivity contribution < 1.29 is 23.9 Å². The molecule has 218 valence electrons. The maximum absolute atomic E-state index is 14.5. The second kappa shape index (κ2) is 11.1. The van der Waals surface area contributed by atoms with E-state index < -0.39 is 23.3 Å². The van der Waals surface area contributed by atoms with Crippen LogP contribution in [-0.2, 0) is 22.6 Å². The van der Waals surface area contributed by atoms with E-state index >= 15 is 0 Å². The Morgan fingerprint density at radius 3 is 2.36 bits per heavy atom. The fourth-order valence-corrected chi connectivity index (χ4v) is 6.72. The number of methoxy groups -OCH3 is 1. The minimum absolute atomic E-state index is 0.00188.